The van der Waals surface area contributed by atoms with Gasteiger partial charge in [-0.05, 0) is 95.1 Å². The first-order chi connectivity index (χ1) is 36.6. The van der Waals surface area contributed by atoms with Crippen molar-refractivity contribution in [3.05, 3.63) is 253 Å². The molecule has 13 rings (SSSR count). The number of nitrogens with zero attached hydrogens (tertiary/aromatic N) is 8. The zero-order valence-electron chi connectivity index (χ0n) is 39.5. The summed E-state index contributed by atoms with van der Waals surface area (Å²) in [6.07, 6.45) is 0. The molecule has 0 saturated carbocycles. The Morgan fingerprint density at radius 1 is 0.351 bits per heavy atom. The van der Waals surface area contributed by atoms with Crippen LogP contribution in [0, 0.1) is 29.2 Å². The molecule has 0 aliphatic heterocycles. The normalized spacial score (nSPS) is 11.2. The molecule has 8 heteroatoms. The van der Waals surface area contributed by atoms with E-state index in [1.165, 1.54) is 0 Å². The standard InChI is InChI=1S/C66H38N8/c1-69-57-25-13-10-22-50(57)46-30-34-62-55(38-46)52-24-12-15-27-59(52)74(62)63-36-42(40-67)28-32-53(63)56-39-47(66-71-64(43-16-4-2-5-17-43)70-65(72-66)44-18-6-3-7-19-44)31-35-61(56)73-58-26-14-11-23-51(58)54-37-45(29-33-60(54)73)49-21-9-8-20-48(49)41-68/h2-39H. The second-order valence-corrected chi connectivity index (χ2v) is 18.1. The Balaban J connectivity index is 1.11. The van der Waals surface area contributed by atoms with Gasteiger partial charge >= 0.3 is 0 Å². The van der Waals surface area contributed by atoms with Crippen LogP contribution in [0.4, 0.5) is 5.69 Å². The molecule has 0 saturated heterocycles. The van der Waals surface area contributed by atoms with Gasteiger partial charge in [-0.3, -0.25) is 0 Å². The van der Waals surface area contributed by atoms with E-state index < -0.39 is 0 Å². The predicted octanol–water partition coefficient (Wildman–Crippen LogP) is 16.4. The average Bonchev–Trinajstić information content (AvgIpc) is 4.03. The molecule has 0 aliphatic carbocycles. The Morgan fingerprint density at radius 2 is 0.851 bits per heavy atom. The van der Waals surface area contributed by atoms with Crippen LogP contribution < -0.4 is 0 Å². The summed E-state index contributed by atoms with van der Waals surface area (Å²) < 4.78 is 4.58. The first-order valence-corrected chi connectivity index (χ1v) is 24.2. The van der Waals surface area contributed by atoms with Crippen LogP contribution in [0.3, 0.4) is 0 Å². The number of hydrogen-bond donors (Lipinski definition) is 0. The summed E-state index contributed by atoms with van der Waals surface area (Å²) in [5.74, 6) is 1.62. The third-order valence-corrected chi connectivity index (χ3v) is 13.9. The van der Waals surface area contributed by atoms with Crippen molar-refractivity contribution in [3.63, 3.8) is 0 Å². The maximum Gasteiger partial charge on any atom is 0.194 e. The zero-order chi connectivity index (χ0) is 49.7. The number of hydrogen-bond acceptors (Lipinski definition) is 5. The van der Waals surface area contributed by atoms with Gasteiger partial charge in [0.05, 0.1) is 63.3 Å². The molecule has 0 bridgehead atoms. The first-order valence-electron chi connectivity index (χ1n) is 24.2. The van der Waals surface area contributed by atoms with Crippen LogP contribution in [0.1, 0.15) is 11.1 Å². The van der Waals surface area contributed by atoms with Crippen molar-refractivity contribution in [1.29, 1.82) is 10.5 Å². The topological polar surface area (TPSA) is 100 Å². The minimum atomic E-state index is 0.507. The van der Waals surface area contributed by atoms with Gasteiger partial charge in [0.2, 0.25) is 0 Å². The zero-order valence-corrected chi connectivity index (χ0v) is 39.5. The summed E-state index contributed by atoms with van der Waals surface area (Å²) >= 11 is 0. The van der Waals surface area contributed by atoms with Crippen molar-refractivity contribution in [2.45, 2.75) is 0 Å². The summed E-state index contributed by atoms with van der Waals surface area (Å²) in [6.45, 7) is 7.95. The summed E-state index contributed by atoms with van der Waals surface area (Å²) in [6, 6.07) is 82.1. The molecule has 0 unspecified atom stereocenters. The van der Waals surface area contributed by atoms with E-state index >= 15 is 0 Å². The van der Waals surface area contributed by atoms with Crippen LogP contribution >= 0.6 is 0 Å². The number of rotatable bonds is 8. The molecule has 0 radical (unpaired) electrons. The third kappa shape index (κ3) is 7.25. The molecule has 0 fully saturated rings. The maximum atomic E-state index is 10.6. The molecular formula is C66H38N8. The van der Waals surface area contributed by atoms with Gasteiger partial charge in [0.15, 0.2) is 23.2 Å². The van der Waals surface area contributed by atoms with E-state index in [-0.39, 0.29) is 0 Å². The van der Waals surface area contributed by atoms with Crippen molar-refractivity contribution < 1.29 is 0 Å². The van der Waals surface area contributed by atoms with Crippen LogP contribution in [-0.4, -0.2) is 24.1 Å². The molecule has 342 valence electrons. The Hall–Kier alpha value is -10.7. The largest absolute Gasteiger partial charge is 0.309 e. The van der Waals surface area contributed by atoms with Gasteiger partial charge in [0.25, 0.3) is 0 Å². The quantitative estimate of drug-likeness (QED) is 0.141. The lowest BCUT2D eigenvalue weighted by Crippen LogP contribution is -2.04. The molecule has 10 aromatic carbocycles. The van der Waals surface area contributed by atoms with E-state index in [4.69, 9.17) is 21.5 Å². The summed E-state index contributed by atoms with van der Waals surface area (Å²) in [7, 11) is 0. The number of fused-ring (bicyclic) bond motifs is 6. The van der Waals surface area contributed by atoms with E-state index in [0.717, 1.165) is 105 Å². The number of benzene rings is 10. The van der Waals surface area contributed by atoms with E-state index in [9.17, 15) is 10.5 Å². The van der Waals surface area contributed by atoms with E-state index in [1.807, 2.05) is 127 Å². The lowest BCUT2D eigenvalue weighted by molar-refractivity contribution is 1.07. The molecule has 74 heavy (non-hydrogen) atoms. The average molecular weight is 943 g/mol. The molecule has 3 aromatic heterocycles. The minimum Gasteiger partial charge on any atom is -0.309 e. The fraction of sp³-hybridized carbons (Fsp3) is 0. The maximum absolute atomic E-state index is 10.6. The highest BCUT2D eigenvalue weighted by Crippen LogP contribution is 2.44. The van der Waals surface area contributed by atoms with Gasteiger partial charge in [-0.2, -0.15) is 10.5 Å². The van der Waals surface area contributed by atoms with Crippen molar-refractivity contribution in [1.82, 2.24) is 24.1 Å². The molecule has 0 N–H and O–H groups in total. The van der Waals surface area contributed by atoms with E-state index in [2.05, 4.69) is 129 Å². The van der Waals surface area contributed by atoms with Crippen molar-refractivity contribution in [3.8, 4) is 91.1 Å². The van der Waals surface area contributed by atoms with Crippen molar-refractivity contribution >= 4 is 49.3 Å². The lowest BCUT2D eigenvalue weighted by Gasteiger charge is -2.20. The number of aromatic nitrogens is 5. The second-order valence-electron chi connectivity index (χ2n) is 18.1. The lowest BCUT2D eigenvalue weighted by atomic mass is 9.96. The molecule has 13 aromatic rings. The Kier molecular flexibility index (Phi) is 10.5. The second kappa shape index (κ2) is 17.9. The minimum absolute atomic E-state index is 0.507. The Morgan fingerprint density at radius 3 is 1.46 bits per heavy atom. The van der Waals surface area contributed by atoms with Gasteiger partial charge in [0.1, 0.15) is 0 Å². The first kappa shape index (κ1) is 43.3. The molecule has 8 nitrogen and oxygen atoms in total. The smallest absolute Gasteiger partial charge is 0.194 e. The number of para-hydroxylation sites is 3. The summed E-state index contributed by atoms with van der Waals surface area (Å²) in [5.41, 5.74) is 15.2. The molecule has 0 amide bonds. The van der Waals surface area contributed by atoms with E-state index in [1.54, 1.807) is 0 Å². The van der Waals surface area contributed by atoms with Crippen LogP contribution in [-0.2, 0) is 0 Å². The Labute approximate surface area is 426 Å². The van der Waals surface area contributed by atoms with Crippen molar-refractivity contribution in [2.75, 3.05) is 0 Å². The molecular weight excluding hydrogens is 905 g/mol. The molecule has 3 heterocycles. The van der Waals surface area contributed by atoms with Crippen LogP contribution in [0.2, 0.25) is 0 Å². The highest BCUT2D eigenvalue weighted by Gasteiger charge is 2.24. The highest BCUT2D eigenvalue weighted by molar-refractivity contribution is 6.13. The summed E-state index contributed by atoms with van der Waals surface area (Å²) in [4.78, 5) is 19.2. The summed E-state index contributed by atoms with van der Waals surface area (Å²) in [5, 5.41) is 24.9. The highest BCUT2D eigenvalue weighted by atomic mass is 15.0. The fourth-order valence-corrected chi connectivity index (χ4v) is 10.5. The van der Waals surface area contributed by atoms with E-state index in [0.29, 0.717) is 34.3 Å². The Bertz CT molecular complexity index is 4470. The molecule has 0 aliphatic rings. The SMILES string of the molecule is [C-]#[N+]c1ccccc1-c1ccc2c(c1)c1ccccc1n2-c1cc(C#N)ccc1-c1cc(-c2nc(-c3ccccc3)nc(-c3ccccc3)n2)ccc1-n1c2ccccc2c2cc(-c3ccccc3C#N)ccc21. The van der Waals surface area contributed by atoms with Crippen LogP contribution in [0.25, 0.3) is 127 Å². The van der Waals surface area contributed by atoms with Gasteiger partial charge in [0, 0.05) is 49.4 Å². The number of nitriles is 2. The third-order valence-electron chi connectivity index (χ3n) is 13.9. The van der Waals surface area contributed by atoms with Gasteiger partial charge < -0.3 is 9.13 Å². The van der Waals surface area contributed by atoms with Gasteiger partial charge in [-0.1, -0.05) is 158 Å². The van der Waals surface area contributed by atoms with Crippen LogP contribution in [0.15, 0.2) is 231 Å². The van der Waals surface area contributed by atoms with Gasteiger partial charge in [-0.15, -0.1) is 0 Å². The van der Waals surface area contributed by atoms with Gasteiger partial charge in [-0.25, -0.2) is 19.8 Å². The van der Waals surface area contributed by atoms with Crippen LogP contribution in [0.5, 0.6) is 0 Å². The van der Waals surface area contributed by atoms with Crippen molar-refractivity contribution in [2.24, 2.45) is 0 Å². The molecule has 0 atom stereocenters. The fourth-order valence-electron chi connectivity index (χ4n) is 10.5. The monoisotopic (exact) mass is 942 g/mol. The molecule has 0 spiro atoms. The predicted molar refractivity (Wildman–Crippen MR) is 297 cm³/mol.